The van der Waals surface area contributed by atoms with E-state index in [9.17, 15) is 14.4 Å². The van der Waals surface area contributed by atoms with Crippen molar-refractivity contribution in [3.8, 4) is 6.07 Å². The molecule has 2 aromatic rings. The summed E-state index contributed by atoms with van der Waals surface area (Å²) >= 11 is 1.10. The maximum Gasteiger partial charge on any atom is 0.316 e. The van der Waals surface area contributed by atoms with Crippen molar-refractivity contribution < 1.29 is 19.1 Å². The third-order valence-corrected chi connectivity index (χ3v) is 4.60. The van der Waals surface area contributed by atoms with E-state index in [0.717, 1.165) is 17.3 Å². The molecule has 0 saturated heterocycles. The van der Waals surface area contributed by atoms with Gasteiger partial charge >= 0.3 is 5.97 Å². The van der Waals surface area contributed by atoms with Gasteiger partial charge in [-0.05, 0) is 49.7 Å². The van der Waals surface area contributed by atoms with Crippen LogP contribution >= 0.6 is 11.8 Å². The number of aryl methyl sites for hydroxylation is 1. The van der Waals surface area contributed by atoms with Crippen LogP contribution < -0.4 is 10.6 Å². The van der Waals surface area contributed by atoms with Gasteiger partial charge in [-0.3, -0.25) is 14.4 Å². The number of esters is 1. The van der Waals surface area contributed by atoms with Crippen LogP contribution in [0, 0.1) is 18.3 Å². The number of anilines is 2. The lowest BCUT2D eigenvalue weighted by Gasteiger charge is -2.13. The van der Waals surface area contributed by atoms with Crippen molar-refractivity contribution in [1.82, 2.24) is 0 Å². The number of carbonyl (C=O) groups excluding carboxylic acids is 3. The van der Waals surface area contributed by atoms with Gasteiger partial charge in [0.25, 0.3) is 5.91 Å². The maximum absolute atomic E-state index is 12.1. The summed E-state index contributed by atoms with van der Waals surface area (Å²) in [5.41, 5.74) is 2.58. The zero-order chi connectivity index (χ0) is 21.2. The molecule has 0 spiro atoms. The quantitative estimate of drug-likeness (QED) is 0.646. The van der Waals surface area contributed by atoms with Crippen LogP contribution in [-0.2, 0) is 19.1 Å². The van der Waals surface area contributed by atoms with Crippen LogP contribution in [0.1, 0.15) is 18.1 Å². The van der Waals surface area contributed by atoms with Crippen LogP contribution in [0.15, 0.2) is 48.5 Å². The third-order valence-electron chi connectivity index (χ3n) is 3.69. The summed E-state index contributed by atoms with van der Waals surface area (Å²) in [6.45, 7) is 3.38. The van der Waals surface area contributed by atoms with E-state index in [1.807, 2.05) is 31.2 Å². The van der Waals surface area contributed by atoms with E-state index in [1.165, 1.54) is 13.0 Å². The van der Waals surface area contributed by atoms with Crippen molar-refractivity contribution in [2.45, 2.75) is 20.0 Å². The first-order valence-corrected chi connectivity index (χ1v) is 9.97. The standard InChI is InChI=1S/C21H21N3O4S/c1-14-5-3-7-17(9-14)23-19(25)12-29-13-20(26)28-15(2)21(27)24-18-8-4-6-16(10-18)11-22/h3-10,15H,12-13H2,1-2H3,(H,23,25)(H,24,27)/t15-/m0/s1. The second kappa shape index (κ2) is 10.9. The van der Waals surface area contributed by atoms with Crippen LogP contribution in [0.25, 0.3) is 0 Å². The molecule has 2 N–H and O–H groups in total. The van der Waals surface area contributed by atoms with E-state index in [0.29, 0.717) is 16.9 Å². The second-order valence-corrected chi connectivity index (χ2v) is 7.21. The topological polar surface area (TPSA) is 108 Å². The SMILES string of the molecule is Cc1cccc(NC(=O)CSCC(=O)O[C@@H](C)C(=O)Nc2cccc(C#N)c2)c1. The number of ether oxygens (including phenoxy) is 1. The average molecular weight is 411 g/mol. The Kier molecular flexibility index (Phi) is 8.25. The van der Waals surface area contributed by atoms with Gasteiger partial charge in [-0.25, -0.2) is 0 Å². The average Bonchev–Trinajstić information content (AvgIpc) is 2.68. The summed E-state index contributed by atoms with van der Waals surface area (Å²) in [5, 5.41) is 14.2. The highest BCUT2D eigenvalue weighted by atomic mass is 32.2. The van der Waals surface area contributed by atoms with Gasteiger partial charge in [0, 0.05) is 11.4 Å². The molecule has 2 amide bonds. The van der Waals surface area contributed by atoms with Crippen LogP contribution in [0.3, 0.4) is 0 Å². The summed E-state index contributed by atoms with van der Waals surface area (Å²) in [4.78, 5) is 35.9. The highest BCUT2D eigenvalue weighted by Crippen LogP contribution is 2.12. The lowest BCUT2D eigenvalue weighted by Crippen LogP contribution is -2.30. The first kappa shape index (κ1) is 22.0. The minimum Gasteiger partial charge on any atom is -0.452 e. The molecule has 150 valence electrons. The molecule has 29 heavy (non-hydrogen) atoms. The van der Waals surface area contributed by atoms with Gasteiger partial charge in [0.1, 0.15) is 0 Å². The molecule has 1 atom stereocenters. The Labute approximate surface area is 173 Å². The molecule has 0 aliphatic rings. The fourth-order valence-corrected chi connectivity index (χ4v) is 2.94. The van der Waals surface area contributed by atoms with E-state index in [1.54, 1.807) is 24.3 Å². The first-order chi connectivity index (χ1) is 13.9. The Morgan fingerprint density at radius 2 is 1.76 bits per heavy atom. The molecule has 0 aliphatic heterocycles. The molecule has 7 nitrogen and oxygen atoms in total. The number of hydrogen-bond donors (Lipinski definition) is 2. The van der Waals surface area contributed by atoms with Crippen molar-refractivity contribution in [3.63, 3.8) is 0 Å². The van der Waals surface area contributed by atoms with Crippen molar-refractivity contribution in [1.29, 1.82) is 5.26 Å². The van der Waals surface area contributed by atoms with Crippen LogP contribution in [0.4, 0.5) is 11.4 Å². The molecule has 0 bridgehead atoms. The highest BCUT2D eigenvalue weighted by Gasteiger charge is 2.18. The number of benzene rings is 2. The van der Waals surface area contributed by atoms with Crippen molar-refractivity contribution in [2.24, 2.45) is 0 Å². The fraction of sp³-hybridized carbons (Fsp3) is 0.238. The smallest absolute Gasteiger partial charge is 0.316 e. The Hall–Kier alpha value is -3.31. The summed E-state index contributed by atoms with van der Waals surface area (Å²) in [5.74, 6) is -1.29. The van der Waals surface area contributed by atoms with E-state index in [4.69, 9.17) is 10.00 Å². The van der Waals surface area contributed by atoms with Gasteiger partial charge in [0.15, 0.2) is 6.10 Å². The molecular weight excluding hydrogens is 390 g/mol. The molecule has 0 unspecified atom stereocenters. The van der Waals surface area contributed by atoms with Gasteiger partial charge < -0.3 is 15.4 Å². The predicted octanol–water partition coefficient (Wildman–Crippen LogP) is 3.11. The molecule has 0 saturated carbocycles. The maximum atomic E-state index is 12.1. The van der Waals surface area contributed by atoms with Crippen LogP contribution in [0.2, 0.25) is 0 Å². The number of thioether (sulfide) groups is 1. The molecule has 0 heterocycles. The van der Waals surface area contributed by atoms with Gasteiger partial charge in [-0.15, -0.1) is 11.8 Å². The fourth-order valence-electron chi connectivity index (χ4n) is 2.34. The van der Waals surface area contributed by atoms with Crippen molar-refractivity contribution in [2.75, 3.05) is 22.1 Å². The number of nitriles is 1. The summed E-state index contributed by atoms with van der Waals surface area (Å²) in [7, 11) is 0. The molecule has 0 aromatic heterocycles. The first-order valence-electron chi connectivity index (χ1n) is 8.82. The number of carbonyl (C=O) groups is 3. The molecule has 2 rings (SSSR count). The summed E-state index contributed by atoms with van der Waals surface area (Å²) < 4.78 is 5.09. The van der Waals surface area contributed by atoms with Crippen LogP contribution in [-0.4, -0.2) is 35.4 Å². The highest BCUT2D eigenvalue weighted by molar-refractivity contribution is 8.00. The zero-order valence-electron chi connectivity index (χ0n) is 16.1. The Morgan fingerprint density at radius 1 is 1.07 bits per heavy atom. The lowest BCUT2D eigenvalue weighted by molar-refractivity contribution is -0.150. The summed E-state index contributed by atoms with van der Waals surface area (Å²) in [6.07, 6.45) is -1.00. The number of nitrogens with one attached hydrogen (secondary N) is 2. The summed E-state index contributed by atoms with van der Waals surface area (Å²) in [6, 6.07) is 15.8. The second-order valence-electron chi connectivity index (χ2n) is 6.22. The van der Waals surface area contributed by atoms with Gasteiger partial charge in [-0.2, -0.15) is 5.26 Å². The Bertz CT molecular complexity index is 940. The van der Waals surface area contributed by atoms with Gasteiger partial charge in [0.2, 0.25) is 5.91 Å². The van der Waals surface area contributed by atoms with Gasteiger partial charge in [0.05, 0.1) is 23.1 Å². The van der Waals surface area contributed by atoms with Crippen molar-refractivity contribution >= 4 is 40.9 Å². The third kappa shape index (κ3) is 7.68. The minimum atomic E-state index is -1.00. The van der Waals surface area contributed by atoms with E-state index < -0.39 is 18.0 Å². The Morgan fingerprint density at radius 3 is 2.45 bits per heavy atom. The van der Waals surface area contributed by atoms with Gasteiger partial charge in [-0.1, -0.05) is 18.2 Å². The molecule has 8 heteroatoms. The van der Waals surface area contributed by atoms with E-state index in [2.05, 4.69) is 10.6 Å². The monoisotopic (exact) mass is 411 g/mol. The molecule has 0 aliphatic carbocycles. The Balaban J connectivity index is 1.71. The lowest BCUT2D eigenvalue weighted by atomic mass is 10.2. The zero-order valence-corrected chi connectivity index (χ0v) is 16.9. The molecule has 0 radical (unpaired) electrons. The van der Waals surface area contributed by atoms with E-state index >= 15 is 0 Å². The molecular formula is C21H21N3O4S. The number of rotatable bonds is 8. The normalized spacial score (nSPS) is 11.1. The minimum absolute atomic E-state index is 0.0528. The number of nitrogens with zero attached hydrogens (tertiary/aromatic N) is 1. The number of amides is 2. The predicted molar refractivity (Wildman–Crippen MR) is 112 cm³/mol. The molecule has 0 fully saturated rings. The largest absolute Gasteiger partial charge is 0.452 e. The number of hydrogen-bond acceptors (Lipinski definition) is 6. The van der Waals surface area contributed by atoms with Crippen LogP contribution in [0.5, 0.6) is 0 Å². The van der Waals surface area contributed by atoms with Crippen molar-refractivity contribution in [3.05, 3.63) is 59.7 Å². The van der Waals surface area contributed by atoms with E-state index in [-0.39, 0.29) is 17.4 Å². The molecule has 2 aromatic carbocycles.